The molecule has 0 unspecified atom stereocenters. The van der Waals surface area contributed by atoms with E-state index in [1.165, 1.54) is 63.5 Å². The van der Waals surface area contributed by atoms with Crippen molar-refractivity contribution in [1.29, 1.82) is 0 Å². The van der Waals surface area contributed by atoms with Crippen molar-refractivity contribution in [3.8, 4) is 32.8 Å². The molecule has 0 saturated heterocycles. The number of rotatable bonds is 6. The summed E-state index contributed by atoms with van der Waals surface area (Å²) in [5.41, 5.74) is 10.5. The molecule has 0 aliphatic carbocycles. The number of hydrogen-bond donors (Lipinski definition) is 0. The maximum Gasteiger partial charge on any atom is 0.124 e. The summed E-state index contributed by atoms with van der Waals surface area (Å²) < 4.78 is 3.79. The monoisotopic (exact) mass is 686 g/mol. The van der Waals surface area contributed by atoms with Crippen molar-refractivity contribution in [2.24, 2.45) is 0 Å². The van der Waals surface area contributed by atoms with E-state index in [4.69, 9.17) is 4.98 Å². The first-order valence-electron chi connectivity index (χ1n) is 17.1. The van der Waals surface area contributed by atoms with E-state index >= 15 is 0 Å². The lowest BCUT2D eigenvalue weighted by atomic mass is 10.0. The molecule has 10 rings (SSSR count). The number of anilines is 3. The molecule has 10 aromatic rings. The first-order valence-corrected chi connectivity index (χ1v) is 18.7. The molecule has 0 aliphatic heterocycles. The highest BCUT2D eigenvalue weighted by Crippen LogP contribution is 2.42. The van der Waals surface area contributed by atoms with E-state index < -0.39 is 0 Å². The molecular formula is C47H30N2S2. The molecule has 0 amide bonds. The average Bonchev–Trinajstić information content (AvgIpc) is 3.78. The minimum atomic E-state index is 1.07. The van der Waals surface area contributed by atoms with Crippen molar-refractivity contribution in [2.45, 2.75) is 0 Å². The van der Waals surface area contributed by atoms with Gasteiger partial charge >= 0.3 is 0 Å². The van der Waals surface area contributed by atoms with Gasteiger partial charge in [-0.15, -0.1) is 22.7 Å². The van der Waals surface area contributed by atoms with E-state index in [1.54, 1.807) is 11.3 Å². The molecule has 0 bridgehead atoms. The fraction of sp³-hybridized carbons (Fsp3) is 0. The van der Waals surface area contributed by atoms with Gasteiger partial charge in [0.05, 0.1) is 10.2 Å². The van der Waals surface area contributed by atoms with Crippen LogP contribution in [0.5, 0.6) is 0 Å². The second-order valence-corrected chi connectivity index (χ2v) is 15.0. The van der Waals surface area contributed by atoms with Gasteiger partial charge in [-0.2, -0.15) is 0 Å². The lowest BCUT2D eigenvalue weighted by molar-refractivity contribution is 1.28. The van der Waals surface area contributed by atoms with Crippen molar-refractivity contribution >= 4 is 80.9 Å². The molecule has 0 saturated carbocycles. The predicted octanol–water partition coefficient (Wildman–Crippen LogP) is 14.3. The van der Waals surface area contributed by atoms with Gasteiger partial charge in [0.1, 0.15) is 5.01 Å². The summed E-state index contributed by atoms with van der Waals surface area (Å²) in [6.45, 7) is 0. The Kier molecular flexibility index (Phi) is 7.23. The molecule has 51 heavy (non-hydrogen) atoms. The van der Waals surface area contributed by atoms with Crippen LogP contribution in [-0.4, -0.2) is 4.98 Å². The van der Waals surface area contributed by atoms with E-state index in [-0.39, 0.29) is 0 Å². The van der Waals surface area contributed by atoms with Crippen molar-refractivity contribution in [3.63, 3.8) is 0 Å². The number of thiophene rings is 1. The van der Waals surface area contributed by atoms with E-state index in [0.717, 1.165) is 27.6 Å². The third-order valence-corrected chi connectivity index (χ3v) is 11.9. The highest BCUT2D eigenvalue weighted by Gasteiger charge is 2.15. The Morgan fingerprint density at radius 2 is 0.922 bits per heavy atom. The molecule has 0 spiro atoms. The highest BCUT2D eigenvalue weighted by molar-refractivity contribution is 7.26. The topological polar surface area (TPSA) is 16.1 Å². The summed E-state index contributed by atoms with van der Waals surface area (Å²) in [5.74, 6) is 0. The van der Waals surface area contributed by atoms with Crippen LogP contribution in [0.3, 0.4) is 0 Å². The zero-order chi connectivity index (χ0) is 33.7. The SMILES string of the molecule is c1ccc(-c2ccc(N(c3ccccc3)c3ccc(-c4ccc5c(c4)sc4cc6nc(-c7ccc8ccccc8c7)sc6cc45)cc3)cc2)cc1. The number of aromatic nitrogens is 1. The summed E-state index contributed by atoms with van der Waals surface area (Å²) in [7, 11) is 0. The summed E-state index contributed by atoms with van der Waals surface area (Å²) >= 11 is 3.63. The third-order valence-electron chi connectivity index (χ3n) is 9.68. The summed E-state index contributed by atoms with van der Waals surface area (Å²) in [5, 5.41) is 6.17. The maximum absolute atomic E-state index is 5.08. The van der Waals surface area contributed by atoms with Crippen LogP contribution >= 0.6 is 22.7 Å². The average molecular weight is 687 g/mol. The van der Waals surface area contributed by atoms with Gasteiger partial charge in [0.15, 0.2) is 0 Å². The van der Waals surface area contributed by atoms with Crippen molar-refractivity contribution in [2.75, 3.05) is 4.90 Å². The molecule has 8 aromatic carbocycles. The fourth-order valence-electron chi connectivity index (χ4n) is 7.08. The van der Waals surface area contributed by atoms with Gasteiger partial charge in [-0.05, 0) is 93.7 Å². The molecule has 2 heterocycles. The number of hydrogen-bond acceptors (Lipinski definition) is 4. The number of nitrogens with zero attached hydrogens (tertiary/aromatic N) is 2. The Morgan fingerprint density at radius 3 is 1.67 bits per heavy atom. The summed E-state index contributed by atoms with van der Waals surface area (Å²) in [4.78, 5) is 7.40. The lowest BCUT2D eigenvalue weighted by Gasteiger charge is -2.26. The Bertz CT molecular complexity index is 2840. The van der Waals surface area contributed by atoms with Crippen LogP contribution in [0.4, 0.5) is 17.1 Å². The molecule has 0 N–H and O–H groups in total. The number of thiazole rings is 1. The van der Waals surface area contributed by atoms with Gasteiger partial charge in [-0.25, -0.2) is 4.98 Å². The Hall–Kier alpha value is -6.07. The van der Waals surface area contributed by atoms with E-state index in [9.17, 15) is 0 Å². The number of fused-ring (bicyclic) bond motifs is 5. The van der Waals surface area contributed by atoms with E-state index in [1.807, 2.05) is 11.3 Å². The van der Waals surface area contributed by atoms with Crippen molar-refractivity contribution in [3.05, 3.63) is 182 Å². The molecule has 2 aromatic heterocycles. The van der Waals surface area contributed by atoms with Crippen LogP contribution in [0.25, 0.3) is 74.0 Å². The van der Waals surface area contributed by atoms with Gasteiger partial charge in [-0.3, -0.25) is 0 Å². The first-order chi connectivity index (χ1) is 25.2. The minimum Gasteiger partial charge on any atom is -0.311 e. The summed E-state index contributed by atoms with van der Waals surface area (Å²) in [6.07, 6.45) is 0. The van der Waals surface area contributed by atoms with Gasteiger partial charge < -0.3 is 4.90 Å². The molecule has 0 radical (unpaired) electrons. The molecule has 0 aliphatic rings. The Labute approximate surface area is 304 Å². The Balaban J connectivity index is 0.965. The third kappa shape index (κ3) is 5.46. The van der Waals surface area contributed by atoms with Gasteiger partial charge in [0.25, 0.3) is 0 Å². The molecule has 2 nitrogen and oxygen atoms in total. The zero-order valence-electron chi connectivity index (χ0n) is 27.5. The number of benzene rings is 8. The second kappa shape index (κ2) is 12.4. The highest BCUT2D eigenvalue weighted by atomic mass is 32.1. The van der Waals surface area contributed by atoms with Crippen LogP contribution in [0.1, 0.15) is 0 Å². The largest absolute Gasteiger partial charge is 0.311 e. The predicted molar refractivity (Wildman–Crippen MR) is 221 cm³/mol. The van der Waals surface area contributed by atoms with Crippen molar-refractivity contribution < 1.29 is 0 Å². The lowest BCUT2D eigenvalue weighted by Crippen LogP contribution is -2.09. The smallest absolute Gasteiger partial charge is 0.124 e. The fourth-order valence-corrected chi connectivity index (χ4v) is 9.23. The van der Waals surface area contributed by atoms with Crippen LogP contribution in [0.2, 0.25) is 0 Å². The van der Waals surface area contributed by atoms with Crippen LogP contribution in [0, 0.1) is 0 Å². The van der Waals surface area contributed by atoms with Gasteiger partial charge in [0, 0.05) is 42.8 Å². The van der Waals surface area contributed by atoms with Crippen molar-refractivity contribution in [1.82, 2.24) is 4.98 Å². The summed E-state index contributed by atoms with van der Waals surface area (Å²) in [6, 6.07) is 65.6. The maximum atomic E-state index is 5.08. The quantitative estimate of drug-likeness (QED) is 0.173. The second-order valence-electron chi connectivity index (χ2n) is 12.8. The van der Waals surface area contributed by atoms with E-state index in [0.29, 0.717) is 0 Å². The molecule has 0 atom stereocenters. The van der Waals surface area contributed by atoms with Crippen LogP contribution in [-0.2, 0) is 0 Å². The number of para-hydroxylation sites is 1. The minimum absolute atomic E-state index is 1.07. The normalized spacial score (nSPS) is 11.5. The Morgan fingerprint density at radius 1 is 0.353 bits per heavy atom. The zero-order valence-corrected chi connectivity index (χ0v) is 29.2. The van der Waals surface area contributed by atoms with Gasteiger partial charge in [0.2, 0.25) is 0 Å². The van der Waals surface area contributed by atoms with Gasteiger partial charge in [-0.1, -0.05) is 121 Å². The standard InChI is InChI=1S/C47H30N2S2/c1-3-9-31(10-4-1)33-17-22-39(23-18-33)49(38-13-5-2-6-14-38)40-24-19-34(20-25-40)36-21-26-41-42-29-46-43(30-45(42)50-44(41)28-36)48-47(51-46)37-16-15-32-11-7-8-12-35(32)27-37/h1-30H. The molecular weight excluding hydrogens is 657 g/mol. The molecule has 0 fully saturated rings. The first kappa shape index (κ1) is 29.8. The molecule has 4 heteroatoms. The van der Waals surface area contributed by atoms with Crippen LogP contribution < -0.4 is 4.90 Å². The van der Waals surface area contributed by atoms with Crippen LogP contribution in [0.15, 0.2) is 182 Å². The van der Waals surface area contributed by atoms with E-state index in [2.05, 4.69) is 187 Å². The molecule has 240 valence electrons.